The number of methoxy groups -OCH3 is 2. The summed E-state index contributed by atoms with van der Waals surface area (Å²) < 4.78 is 11.2. The summed E-state index contributed by atoms with van der Waals surface area (Å²) in [5.74, 6) is -0.0805. The number of hydrogen-bond donors (Lipinski definition) is 2. The Kier molecular flexibility index (Phi) is 6.18. The molecule has 0 saturated carbocycles. The Hall–Kier alpha value is -3.68. The summed E-state index contributed by atoms with van der Waals surface area (Å²) in [7, 11) is 4.84. The summed E-state index contributed by atoms with van der Waals surface area (Å²) in [4.78, 5) is 25.8. The van der Waals surface area contributed by atoms with Gasteiger partial charge in [-0.15, -0.1) is 0 Å². The number of nitrogens with one attached hydrogen (secondary N) is 1. The molecule has 1 atom stereocenters. The number of carbonyl (C=O) groups is 2. The molecule has 4 rings (SSSR count). The van der Waals surface area contributed by atoms with Crippen LogP contribution in [0, 0.1) is 0 Å². The molecule has 0 aromatic heterocycles. The van der Waals surface area contributed by atoms with Crippen molar-refractivity contribution in [2.75, 3.05) is 27.8 Å². The first kappa shape index (κ1) is 22.5. The first-order chi connectivity index (χ1) is 15.9. The first-order valence-corrected chi connectivity index (χ1v) is 10.6. The van der Waals surface area contributed by atoms with Crippen molar-refractivity contribution in [3.8, 4) is 16.9 Å². The van der Waals surface area contributed by atoms with Gasteiger partial charge in [0.25, 0.3) is 5.91 Å². The van der Waals surface area contributed by atoms with Crippen molar-refractivity contribution in [1.82, 2.24) is 10.2 Å². The van der Waals surface area contributed by atoms with E-state index in [1.165, 1.54) is 0 Å². The maximum absolute atomic E-state index is 12.2. The number of carbonyl (C=O) groups excluding carboxylic acids is 2. The molecule has 0 aliphatic carbocycles. The van der Waals surface area contributed by atoms with E-state index in [1.54, 1.807) is 27.3 Å². The number of ether oxygens (including phenoxy) is 2. The van der Waals surface area contributed by atoms with Crippen LogP contribution in [-0.2, 0) is 16.1 Å². The highest BCUT2D eigenvalue weighted by molar-refractivity contribution is 5.97. The molecule has 3 aromatic rings. The van der Waals surface area contributed by atoms with Crippen LogP contribution in [0.2, 0.25) is 0 Å². The molecule has 2 amide bonds. The summed E-state index contributed by atoms with van der Waals surface area (Å²) in [6.07, 6.45) is -0.291. The van der Waals surface area contributed by atoms with Crippen molar-refractivity contribution in [1.29, 1.82) is 0 Å². The van der Waals surface area contributed by atoms with Crippen molar-refractivity contribution in [2.24, 2.45) is 5.73 Å². The van der Waals surface area contributed by atoms with E-state index in [-0.39, 0.29) is 12.1 Å². The number of nitrogens with two attached hydrogens (primary N) is 1. The molecule has 0 spiro atoms. The predicted octanol–water partition coefficient (Wildman–Crippen LogP) is 3.38. The van der Waals surface area contributed by atoms with E-state index in [0.29, 0.717) is 30.0 Å². The van der Waals surface area contributed by atoms with Gasteiger partial charge in [0.2, 0.25) is 5.91 Å². The zero-order valence-electron chi connectivity index (χ0n) is 19.0. The maximum atomic E-state index is 12.2. The highest BCUT2D eigenvalue weighted by Gasteiger charge is 2.32. The molecule has 0 fully saturated rings. The molecule has 0 bridgehead atoms. The van der Waals surface area contributed by atoms with E-state index >= 15 is 0 Å². The van der Waals surface area contributed by atoms with Crippen LogP contribution in [0.1, 0.15) is 27.7 Å². The Morgan fingerprint density at radius 1 is 1.12 bits per heavy atom. The van der Waals surface area contributed by atoms with Crippen LogP contribution >= 0.6 is 0 Å². The van der Waals surface area contributed by atoms with Gasteiger partial charge < -0.3 is 20.5 Å². The monoisotopic (exact) mass is 445 g/mol. The quantitative estimate of drug-likeness (QED) is 0.544. The molecule has 33 heavy (non-hydrogen) atoms. The highest BCUT2D eigenvalue weighted by Crippen LogP contribution is 2.40. The smallest absolute Gasteiger partial charge is 0.251 e. The summed E-state index contributed by atoms with van der Waals surface area (Å²) in [6, 6.07) is 15.8. The van der Waals surface area contributed by atoms with Gasteiger partial charge in [-0.3, -0.25) is 14.5 Å². The normalized spacial score (nSPS) is 15.3. The fourth-order valence-corrected chi connectivity index (χ4v) is 4.37. The molecule has 0 saturated heterocycles. The Bertz CT molecular complexity index is 1270. The Morgan fingerprint density at radius 2 is 1.88 bits per heavy atom. The molecule has 1 unspecified atom stereocenters. The van der Waals surface area contributed by atoms with Crippen LogP contribution in [0.3, 0.4) is 0 Å². The standard InChI is InChI=1S/C26H27N3O4/c1-15(24(27)30)13-29-14-23-21(26(29)33-4)8-7-16-5-6-17(12-22(16)23)18-9-19(25(31)28-2)11-20(10-18)32-3/h5-12,26H,1,13-14H2,2-4H3,(H2,27,30)(H,28,31). The van der Waals surface area contributed by atoms with Crippen molar-refractivity contribution < 1.29 is 19.1 Å². The summed E-state index contributed by atoms with van der Waals surface area (Å²) in [5, 5.41) is 4.84. The van der Waals surface area contributed by atoms with E-state index in [1.807, 2.05) is 23.1 Å². The molecular formula is C26H27N3O4. The minimum Gasteiger partial charge on any atom is -0.497 e. The van der Waals surface area contributed by atoms with Gasteiger partial charge >= 0.3 is 0 Å². The minimum atomic E-state index is -0.516. The average Bonchev–Trinajstić information content (AvgIpc) is 3.20. The van der Waals surface area contributed by atoms with Gasteiger partial charge in [-0.2, -0.15) is 0 Å². The number of hydrogen-bond acceptors (Lipinski definition) is 5. The number of benzene rings is 3. The minimum absolute atomic E-state index is 0.176. The average molecular weight is 446 g/mol. The molecule has 0 radical (unpaired) electrons. The lowest BCUT2D eigenvalue weighted by Crippen LogP contribution is -2.29. The largest absolute Gasteiger partial charge is 0.497 e. The van der Waals surface area contributed by atoms with Crippen molar-refractivity contribution in [2.45, 2.75) is 12.8 Å². The third-order valence-electron chi connectivity index (χ3n) is 6.06. The second-order valence-corrected chi connectivity index (χ2v) is 8.06. The van der Waals surface area contributed by atoms with Crippen molar-refractivity contribution in [3.63, 3.8) is 0 Å². The van der Waals surface area contributed by atoms with E-state index in [4.69, 9.17) is 15.2 Å². The van der Waals surface area contributed by atoms with Gasteiger partial charge in [-0.25, -0.2) is 0 Å². The first-order valence-electron chi connectivity index (χ1n) is 10.6. The number of amides is 2. The SMILES string of the molecule is C=C(CN1Cc2c(ccc3ccc(-c4cc(OC)cc(C(=O)NC)c4)cc23)C1OC)C(N)=O. The van der Waals surface area contributed by atoms with E-state index < -0.39 is 5.91 Å². The third-order valence-corrected chi connectivity index (χ3v) is 6.06. The molecule has 1 heterocycles. The Morgan fingerprint density at radius 3 is 2.55 bits per heavy atom. The maximum Gasteiger partial charge on any atom is 0.251 e. The number of primary amides is 1. The van der Waals surface area contributed by atoms with E-state index in [2.05, 4.69) is 36.2 Å². The molecule has 170 valence electrons. The summed E-state index contributed by atoms with van der Waals surface area (Å²) >= 11 is 0. The third kappa shape index (κ3) is 4.20. The topological polar surface area (TPSA) is 93.9 Å². The van der Waals surface area contributed by atoms with Crippen LogP contribution in [0.25, 0.3) is 21.9 Å². The van der Waals surface area contributed by atoms with E-state index in [9.17, 15) is 9.59 Å². The number of fused-ring (bicyclic) bond motifs is 3. The molecule has 3 aromatic carbocycles. The molecule has 1 aliphatic heterocycles. The second-order valence-electron chi connectivity index (χ2n) is 8.06. The molecule has 7 nitrogen and oxygen atoms in total. The van der Waals surface area contributed by atoms with Gasteiger partial charge in [0.05, 0.1) is 7.11 Å². The Balaban J connectivity index is 1.80. The van der Waals surface area contributed by atoms with Crippen LogP contribution < -0.4 is 15.8 Å². The van der Waals surface area contributed by atoms with Crippen LogP contribution in [-0.4, -0.2) is 44.5 Å². The fourth-order valence-electron chi connectivity index (χ4n) is 4.37. The zero-order valence-corrected chi connectivity index (χ0v) is 19.0. The second kappa shape index (κ2) is 9.05. The lowest BCUT2D eigenvalue weighted by atomic mass is 9.95. The van der Waals surface area contributed by atoms with Gasteiger partial charge in [-0.1, -0.05) is 30.8 Å². The van der Waals surface area contributed by atoms with Gasteiger partial charge in [0, 0.05) is 43.9 Å². The van der Waals surface area contributed by atoms with Crippen LogP contribution in [0.4, 0.5) is 0 Å². The molecule has 7 heteroatoms. The van der Waals surface area contributed by atoms with Crippen LogP contribution in [0.15, 0.2) is 60.7 Å². The van der Waals surface area contributed by atoms with Crippen molar-refractivity contribution >= 4 is 22.6 Å². The molecular weight excluding hydrogens is 418 g/mol. The van der Waals surface area contributed by atoms with Gasteiger partial charge in [0.1, 0.15) is 12.0 Å². The van der Waals surface area contributed by atoms with E-state index in [0.717, 1.165) is 33.0 Å². The number of nitrogens with zero attached hydrogens (tertiary/aromatic N) is 1. The van der Waals surface area contributed by atoms with Crippen molar-refractivity contribution in [3.05, 3.63) is 77.4 Å². The zero-order chi connectivity index (χ0) is 23.7. The van der Waals surface area contributed by atoms with Crippen LogP contribution in [0.5, 0.6) is 5.75 Å². The lowest BCUT2D eigenvalue weighted by Gasteiger charge is -2.23. The summed E-state index contributed by atoms with van der Waals surface area (Å²) in [5.41, 5.74) is 10.3. The lowest BCUT2D eigenvalue weighted by molar-refractivity contribution is -0.115. The predicted molar refractivity (Wildman–Crippen MR) is 128 cm³/mol. The highest BCUT2D eigenvalue weighted by atomic mass is 16.5. The summed E-state index contributed by atoms with van der Waals surface area (Å²) in [6.45, 7) is 4.72. The molecule has 1 aliphatic rings. The van der Waals surface area contributed by atoms with Gasteiger partial charge in [-0.05, 0) is 51.7 Å². The number of rotatable bonds is 7. The van der Waals surface area contributed by atoms with Gasteiger partial charge in [0.15, 0.2) is 0 Å². The fraction of sp³-hybridized carbons (Fsp3) is 0.231. The Labute approximate surface area is 192 Å². The molecule has 3 N–H and O–H groups in total.